The lowest BCUT2D eigenvalue weighted by atomic mass is 10.4. The van der Waals surface area contributed by atoms with E-state index in [2.05, 4.69) is 33.7 Å². The zero-order valence-corrected chi connectivity index (χ0v) is 11.2. The van der Waals surface area contributed by atoms with Crippen molar-refractivity contribution >= 4 is 39.9 Å². The molecule has 86 valence electrons. The van der Waals surface area contributed by atoms with Crippen molar-refractivity contribution in [2.45, 2.75) is 20.8 Å². The van der Waals surface area contributed by atoms with Crippen molar-refractivity contribution in [1.29, 1.82) is 0 Å². The first-order valence-electron chi connectivity index (χ1n) is 5.28. The summed E-state index contributed by atoms with van der Waals surface area (Å²) in [6.45, 7) is 8.01. The molecule has 2 heterocycles. The molecule has 0 bridgehead atoms. The molecule has 0 aliphatic heterocycles. The van der Waals surface area contributed by atoms with Gasteiger partial charge in [0.1, 0.15) is 4.83 Å². The molecule has 0 spiro atoms. The van der Waals surface area contributed by atoms with E-state index in [1.54, 1.807) is 0 Å². The van der Waals surface area contributed by atoms with Crippen molar-refractivity contribution in [1.82, 2.24) is 15.0 Å². The summed E-state index contributed by atoms with van der Waals surface area (Å²) in [4.78, 5) is 15.2. The van der Waals surface area contributed by atoms with E-state index in [0.29, 0.717) is 0 Å². The summed E-state index contributed by atoms with van der Waals surface area (Å²) in [5, 5.41) is 0. The van der Waals surface area contributed by atoms with E-state index >= 15 is 0 Å². The van der Waals surface area contributed by atoms with Crippen LogP contribution in [0.3, 0.4) is 0 Å². The number of H-pyrrole nitrogens is 1. The average Bonchev–Trinajstić information content (AvgIpc) is 2.61. The van der Waals surface area contributed by atoms with E-state index in [4.69, 9.17) is 12.2 Å². The van der Waals surface area contributed by atoms with Crippen LogP contribution in [0.25, 0.3) is 10.3 Å². The molecule has 0 unspecified atom stereocenters. The zero-order valence-electron chi connectivity index (χ0n) is 9.57. The van der Waals surface area contributed by atoms with Gasteiger partial charge in [-0.15, -0.1) is 0 Å². The number of nitrogens with one attached hydrogen (secondary N) is 1. The quantitative estimate of drug-likeness (QED) is 0.855. The van der Waals surface area contributed by atoms with Crippen LogP contribution in [0.4, 0.5) is 5.95 Å². The Morgan fingerprint density at radius 1 is 1.31 bits per heavy atom. The molecule has 0 aliphatic rings. The third-order valence-electron chi connectivity index (χ3n) is 2.51. The van der Waals surface area contributed by atoms with Crippen LogP contribution in [0, 0.1) is 10.9 Å². The fourth-order valence-corrected chi connectivity index (χ4v) is 2.71. The van der Waals surface area contributed by atoms with Gasteiger partial charge in [0.05, 0.1) is 11.2 Å². The molecule has 0 fully saturated rings. The number of aromatic amines is 1. The summed E-state index contributed by atoms with van der Waals surface area (Å²) < 4.78 is 0.754. The first-order valence-corrected chi connectivity index (χ1v) is 6.50. The topological polar surface area (TPSA) is 44.8 Å². The highest BCUT2D eigenvalue weighted by atomic mass is 32.1. The van der Waals surface area contributed by atoms with Gasteiger partial charge in [-0.1, -0.05) is 11.3 Å². The van der Waals surface area contributed by atoms with Gasteiger partial charge in [0.25, 0.3) is 0 Å². The Hall–Kier alpha value is -1.01. The van der Waals surface area contributed by atoms with Crippen LogP contribution >= 0.6 is 23.6 Å². The number of nitrogens with zero attached hydrogens (tertiary/aromatic N) is 3. The highest BCUT2D eigenvalue weighted by Crippen LogP contribution is 2.22. The Bertz CT molecular complexity index is 553. The number of hydrogen-bond donors (Lipinski definition) is 1. The Balaban J connectivity index is 2.60. The maximum Gasteiger partial charge on any atom is 0.227 e. The predicted octanol–water partition coefficient (Wildman–Crippen LogP) is 2.90. The summed E-state index contributed by atoms with van der Waals surface area (Å²) >= 11 is 6.62. The second kappa shape index (κ2) is 4.47. The molecular weight excluding hydrogens is 240 g/mol. The minimum atomic E-state index is 0.754. The maximum atomic E-state index is 5.12. The van der Waals surface area contributed by atoms with Gasteiger partial charge < -0.3 is 9.88 Å². The van der Waals surface area contributed by atoms with E-state index in [-0.39, 0.29) is 0 Å². The van der Waals surface area contributed by atoms with Gasteiger partial charge in [-0.25, -0.2) is 9.97 Å². The molecule has 1 N–H and O–H groups in total. The van der Waals surface area contributed by atoms with Crippen molar-refractivity contribution < 1.29 is 0 Å². The number of aromatic nitrogens is 3. The normalized spacial score (nSPS) is 10.9. The van der Waals surface area contributed by atoms with Crippen molar-refractivity contribution in [2.24, 2.45) is 0 Å². The summed E-state index contributed by atoms with van der Waals surface area (Å²) in [7, 11) is 0. The molecule has 16 heavy (non-hydrogen) atoms. The summed E-state index contributed by atoms with van der Waals surface area (Å²) in [5.74, 6) is 0.792. The van der Waals surface area contributed by atoms with E-state index in [1.165, 1.54) is 11.3 Å². The smallest absolute Gasteiger partial charge is 0.227 e. The summed E-state index contributed by atoms with van der Waals surface area (Å²) in [5.41, 5.74) is 1.92. The molecule has 2 aromatic heterocycles. The van der Waals surface area contributed by atoms with Crippen LogP contribution in [0.1, 0.15) is 19.5 Å². The molecule has 0 saturated heterocycles. The summed E-state index contributed by atoms with van der Waals surface area (Å²) in [6.07, 6.45) is 0. The van der Waals surface area contributed by atoms with E-state index < -0.39 is 0 Å². The molecule has 4 nitrogen and oxygen atoms in total. The average molecular weight is 254 g/mol. The van der Waals surface area contributed by atoms with E-state index in [9.17, 15) is 0 Å². The van der Waals surface area contributed by atoms with Crippen molar-refractivity contribution in [3.8, 4) is 0 Å². The van der Waals surface area contributed by atoms with Crippen LogP contribution in [0.5, 0.6) is 0 Å². The molecule has 2 rings (SSSR count). The van der Waals surface area contributed by atoms with Gasteiger partial charge in [0.15, 0.2) is 3.95 Å². The number of thiazole rings is 1. The fraction of sp³-hybridized carbons (Fsp3) is 0.500. The SMILES string of the molecule is CCN(CC)c1nc(C)c2[nH]c(=S)sc2n1. The minimum Gasteiger partial charge on any atom is -0.341 e. The molecule has 0 atom stereocenters. The van der Waals surface area contributed by atoms with E-state index in [1.807, 2.05) is 6.92 Å². The monoisotopic (exact) mass is 254 g/mol. The highest BCUT2D eigenvalue weighted by molar-refractivity contribution is 7.73. The minimum absolute atomic E-state index is 0.754. The molecule has 2 aromatic rings. The highest BCUT2D eigenvalue weighted by Gasteiger charge is 2.10. The lowest BCUT2D eigenvalue weighted by Gasteiger charge is -2.18. The molecule has 0 aromatic carbocycles. The van der Waals surface area contributed by atoms with Crippen LogP contribution in [0.2, 0.25) is 0 Å². The Labute approximate surface area is 103 Å². The first-order chi connectivity index (χ1) is 7.65. The van der Waals surface area contributed by atoms with Gasteiger partial charge in [-0.2, -0.15) is 0 Å². The van der Waals surface area contributed by atoms with E-state index in [0.717, 1.165) is 39.0 Å². The third kappa shape index (κ3) is 1.94. The number of fused-ring (bicyclic) bond motifs is 1. The number of hydrogen-bond acceptors (Lipinski definition) is 5. The van der Waals surface area contributed by atoms with Gasteiger partial charge in [0, 0.05) is 13.1 Å². The standard InChI is InChI=1S/C10H14N4S2/c1-4-14(5-2)9-11-6(3)7-8(13-9)16-10(15)12-7/h4-5H2,1-3H3,(H,12,15). The van der Waals surface area contributed by atoms with Crippen molar-refractivity contribution in [3.05, 3.63) is 9.65 Å². The lowest BCUT2D eigenvalue weighted by molar-refractivity contribution is 0.822. The molecular formula is C10H14N4S2. The van der Waals surface area contributed by atoms with Crippen LogP contribution in [-0.4, -0.2) is 28.0 Å². The zero-order chi connectivity index (χ0) is 11.7. The lowest BCUT2D eigenvalue weighted by Crippen LogP contribution is -2.24. The molecule has 6 heteroatoms. The number of anilines is 1. The van der Waals surface area contributed by atoms with Crippen molar-refractivity contribution in [3.63, 3.8) is 0 Å². The predicted molar refractivity (Wildman–Crippen MR) is 70.9 cm³/mol. The van der Waals surface area contributed by atoms with Gasteiger partial charge in [-0.3, -0.25) is 0 Å². The maximum absolute atomic E-state index is 5.12. The molecule has 0 amide bonds. The molecule has 0 saturated carbocycles. The van der Waals surface area contributed by atoms with Crippen LogP contribution in [0.15, 0.2) is 0 Å². The van der Waals surface area contributed by atoms with Gasteiger partial charge in [0.2, 0.25) is 5.95 Å². The van der Waals surface area contributed by atoms with Crippen LogP contribution in [-0.2, 0) is 0 Å². The largest absolute Gasteiger partial charge is 0.341 e. The fourth-order valence-electron chi connectivity index (χ4n) is 1.61. The second-order valence-corrected chi connectivity index (χ2v) is 5.14. The molecule has 0 aliphatic carbocycles. The second-order valence-electron chi connectivity index (χ2n) is 3.48. The first kappa shape index (κ1) is 11.5. The summed E-state index contributed by atoms with van der Waals surface area (Å²) in [6, 6.07) is 0. The van der Waals surface area contributed by atoms with Gasteiger partial charge in [-0.05, 0) is 33.0 Å². The number of rotatable bonds is 3. The van der Waals surface area contributed by atoms with Gasteiger partial charge >= 0.3 is 0 Å². The van der Waals surface area contributed by atoms with Crippen molar-refractivity contribution in [2.75, 3.05) is 18.0 Å². The molecule has 0 radical (unpaired) electrons. The van der Waals surface area contributed by atoms with Crippen LogP contribution < -0.4 is 4.90 Å². The Morgan fingerprint density at radius 2 is 2.00 bits per heavy atom. The Kier molecular flexibility index (Phi) is 3.20. The third-order valence-corrected chi connectivity index (χ3v) is 3.64. The number of aryl methyl sites for hydroxylation is 1. The Morgan fingerprint density at radius 3 is 2.62 bits per heavy atom.